The van der Waals surface area contributed by atoms with Crippen LogP contribution in [-0.4, -0.2) is 26.6 Å². The number of fused-ring (bicyclic) bond motifs is 1. The number of carbonyl (C=O) groups excluding carboxylic acids is 2. The molecule has 26 heavy (non-hydrogen) atoms. The molecule has 2 aliphatic rings. The summed E-state index contributed by atoms with van der Waals surface area (Å²) in [7, 11) is 0. The molecular weight excluding hydrogens is 328 g/mol. The van der Waals surface area contributed by atoms with E-state index < -0.39 is 5.41 Å². The number of benzene rings is 1. The van der Waals surface area contributed by atoms with Crippen LogP contribution in [0.1, 0.15) is 31.1 Å². The van der Waals surface area contributed by atoms with Crippen LogP contribution < -0.4 is 5.32 Å². The number of anilines is 1. The highest BCUT2D eigenvalue weighted by Crippen LogP contribution is 2.30. The van der Waals surface area contributed by atoms with Gasteiger partial charge in [-0.1, -0.05) is 39.5 Å². The number of rotatable bonds is 4. The van der Waals surface area contributed by atoms with Gasteiger partial charge in [0, 0.05) is 22.9 Å². The smallest absolute Gasteiger partial charge is 0.247 e. The average molecular weight is 348 g/mol. The summed E-state index contributed by atoms with van der Waals surface area (Å²) < 4.78 is 0. The number of amides is 1. The molecule has 0 radical (unpaired) electrons. The molecule has 2 N–H and O–H groups in total. The molecule has 6 nitrogen and oxygen atoms in total. The summed E-state index contributed by atoms with van der Waals surface area (Å²) in [6, 6.07) is 7.33. The highest BCUT2D eigenvalue weighted by atomic mass is 16.1. The van der Waals surface area contributed by atoms with Gasteiger partial charge in [0.1, 0.15) is 0 Å². The summed E-state index contributed by atoms with van der Waals surface area (Å²) >= 11 is 0. The lowest BCUT2D eigenvalue weighted by Gasteiger charge is -2.16. The van der Waals surface area contributed by atoms with Crippen molar-refractivity contribution >= 4 is 17.4 Å². The molecule has 1 aromatic carbocycles. The van der Waals surface area contributed by atoms with Crippen molar-refractivity contribution in [2.75, 3.05) is 5.32 Å². The summed E-state index contributed by atoms with van der Waals surface area (Å²) in [6.45, 7) is 9.06. The van der Waals surface area contributed by atoms with Gasteiger partial charge in [0.05, 0.1) is 23.1 Å². The maximum atomic E-state index is 12.7. The number of aromatic amines is 1. The van der Waals surface area contributed by atoms with Gasteiger partial charge >= 0.3 is 0 Å². The lowest BCUT2D eigenvalue weighted by Crippen LogP contribution is -2.20. The average Bonchev–Trinajstić information content (AvgIpc) is 3.03. The number of ketones is 1. The van der Waals surface area contributed by atoms with Crippen molar-refractivity contribution in [1.29, 1.82) is 0 Å². The molecule has 1 amide bonds. The van der Waals surface area contributed by atoms with Crippen molar-refractivity contribution in [2.24, 2.45) is 5.41 Å². The highest BCUT2D eigenvalue weighted by molar-refractivity contribution is 6.04. The highest BCUT2D eigenvalue weighted by Gasteiger charge is 2.28. The molecule has 2 heterocycles. The molecular formula is C20H20N4O2. The Morgan fingerprint density at radius 1 is 1.19 bits per heavy atom. The third-order valence-corrected chi connectivity index (χ3v) is 3.94. The molecule has 1 aromatic rings. The van der Waals surface area contributed by atoms with Gasteiger partial charge in [0.2, 0.25) is 5.91 Å². The van der Waals surface area contributed by atoms with E-state index in [1.54, 1.807) is 18.5 Å². The van der Waals surface area contributed by atoms with Gasteiger partial charge in [-0.05, 0) is 18.2 Å². The number of aromatic nitrogens is 3. The second-order valence-corrected chi connectivity index (χ2v) is 7.02. The van der Waals surface area contributed by atoms with Gasteiger partial charge in [-0.15, -0.1) is 0 Å². The topological polar surface area (TPSA) is 87.7 Å². The number of nitrogens with zero attached hydrogens (tertiary/aromatic N) is 2. The fourth-order valence-corrected chi connectivity index (χ4v) is 2.57. The third kappa shape index (κ3) is 3.39. The van der Waals surface area contributed by atoms with Gasteiger partial charge < -0.3 is 10.3 Å². The Hall–Kier alpha value is -3.28. The molecule has 0 atom stereocenters. The lowest BCUT2D eigenvalue weighted by molar-refractivity contribution is -0.111. The van der Waals surface area contributed by atoms with Crippen molar-refractivity contribution in [3.05, 3.63) is 54.9 Å². The zero-order chi connectivity index (χ0) is 18.9. The minimum absolute atomic E-state index is 0.00203. The molecule has 6 heteroatoms. The van der Waals surface area contributed by atoms with Gasteiger partial charge in [-0.25, -0.2) is 9.97 Å². The summed E-state index contributed by atoms with van der Waals surface area (Å²) in [4.78, 5) is 36.0. The quantitative estimate of drug-likeness (QED) is 0.552. The van der Waals surface area contributed by atoms with E-state index in [4.69, 9.17) is 0 Å². The first-order valence-corrected chi connectivity index (χ1v) is 8.22. The maximum absolute atomic E-state index is 12.7. The molecule has 0 aromatic heterocycles. The van der Waals surface area contributed by atoms with Crippen LogP contribution in [0.4, 0.5) is 5.69 Å². The largest absolute Gasteiger partial charge is 0.350 e. The molecule has 0 aliphatic carbocycles. The monoisotopic (exact) mass is 348 g/mol. The van der Waals surface area contributed by atoms with Crippen molar-refractivity contribution in [1.82, 2.24) is 15.0 Å². The van der Waals surface area contributed by atoms with Gasteiger partial charge in [-0.2, -0.15) is 0 Å². The molecule has 0 fully saturated rings. The summed E-state index contributed by atoms with van der Waals surface area (Å²) in [5.41, 5.74) is 2.83. The van der Waals surface area contributed by atoms with Crippen LogP contribution in [-0.2, 0) is 4.79 Å². The van der Waals surface area contributed by atoms with Crippen LogP contribution in [0.15, 0.2) is 49.3 Å². The Labute approximate surface area is 151 Å². The van der Waals surface area contributed by atoms with Gasteiger partial charge in [0.15, 0.2) is 11.6 Å². The first-order chi connectivity index (χ1) is 12.3. The second-order valence-electron chi connectivity index (χ2n) is 7.02. The predicted molar refractivity (Wildman–Crippen MR) is 101 cm³/mol. The van der Waals surface area contributed by atoms with E-state index in [1.165, 1.54) is 6.08 Å². The number of hydrogen-bond acceptors (Lipinski definition) is 4. The summed E-state index contributed by atoms with van der Waals surface area (Å²) in [5.74, 6) is 0.220. The Balaban J connectivity index is 2.03. The number of Topliss-reactive ketones (excluding diaryl/α,β-unsaturated/α-hetero) is 1. The van der Waals surface area contributed by atoms with Crippen LogP contribution in [0.2, 0.25) is 0 Å². The van der Waals surface area contributed by atoms with E-state index in [0.29, 0.717) is 22.8 Å². The predicted octanol–water partition coefficient (Wildman–Crippen LogP) is 3.93. The normalized spacial score (nSPS) is 11.3. The number of hydrogen-bond donors (Lipinski definition) is 2. The maximum Gasteiger partial charge on any atom is 0.247 e. The summed E-state index contributed by atoms with van der Waals surface area (Å²) in [5, 5.41) is 2.73. The molecule has 0 unspecified atom stereocenters. The molecule has 3 rings (SSSR count). The van der Waals surface area contributed by atoms with E-state index in [-0.39, 0.29) is 11.7 Å². The van der Waals surface area contributed by atoms with E-state index in [9.17, 15) is 9.59 Å². The fraction of sp³-hybridized carbons (Fsp3) is 0.200. The molecule has 2 aliphatic heterocycles. The van der Waals surface area contributed by atoms with Crippen molar-refractivity contribution in [3.63, 3.8) is 0 Å². The van der Waals surface area contributed by atoms with Crippen LogP contribution in [0, 0.1) is 5.41 Å². The van der Waals surface area contributed by atoms with Gasteiger partial charge in [0.25, 0.3) is 0 Å². The molecule has 0 saturated heterocycles. The lowest BCUT2D eigenvalue weighted by atomic mass is 9.87. The van der Waals surface area contributed by atoms with Crippen molar-refractivity contribution in [2.45, 2.75) is 20.8 Å². The Bertz CT molecular complexity index is 966. The Kier molecular flexibility index (Phi) is 4.42. The second kappa shape index (κ2) is 6.55. The van der Waals surface area contributed by atoms with E-state index in [1.807, 2.05) is 39.0 Å². The first-order valence-electron chi connectivity index (χ1n) is 8.22. The molecule has 0 spiro atoms. The van der Waals surface area contributed by atoms with Crippen LogP contribution in [0.25, 0.3) is 22.8 Å². The molecule has 0 saturated carbocycles. The first kappa shape index (κ1) is 17.5. The van der Waals surface area contributed by atoms with Crippen molar-refractivity contribution < 1.29 is 9.59 Å². The number of H-pyrrole nitrogens is 1. The molecule has 132 valence electrons. The van der Waals surface area contributed by atoms with E-state index in [0.717, 1.165) is 11.3 Å². The van der Waals surface area contributed by atoms with Crippen LogP contribution in [0.5, 0.6) is 0 Å². The van der Waals surface area contributed by atoms with Crippen LogP contribution >= 0.6 is 0 Å². The zero-order valence-corrected chi connectivity index (χ0v) is 15.0. The van der Waals surface area contributed by atoms with Crippen LogP contribution in [0.3, 0.4) is 0 Å². The van der Waals surface area contributed by atoms with Crippen molar-refractivity contribution in [3.8, 4) is 22.8 Å². The standard InChI is InChI=1S/C20H20N4O2/c1-5-16(25)23-13-8-6-7-12(9-13)15-11-22-19-17(24-15)14(10-21-19)18(26)20(2,3)4/h5-11,24H,1H2,2-4H3,(H,23,25). The SMILES string of the molecule is C=CC(=O)Nc1cccc(-c2cnc3ncc(C(=O)C(C)(C)C)c-3[nH]2)c1. The zero-order valence-electron chi connectivity index (χ0n) is 15.0. The minimum atomic E-state index is -0.512. The third-order valence-electron chi connectivity index (χ3n) is 3.94. The Morgan fingerprint density at radius 3 is 2.62 bits per heavy atom. The van der Waals surface area contributed by atoms with E-state index >= 15 is 0 Å². The minimum Gasteiger partial charge on any atom is -0.350 e. The summed E-state index contributed by atoms with van der Waals surface area (Å²) in [6.07, 6.45) is 4.44. The van der Waals surface area contributed by atoms with Gasteiger partial charge in [-0.3, -0.25) is 9.59 Å². The van der Waals surface area contributed by atoms with E-state index in [2.05, 4.69) is 26.8 Å². The fourth-order valence-electron chi connectivity index (χ4n) is 2.57. The number of nitrogens with one attached hydrogen (secondary N) is 2. The number of carbonyl (C=O) groups is 2. The Morgan fingerprint density at radius 2 is 1.92 bits per heavy atom. The molecule has 0 bridgehead atoms.